The van der Waals surface area contributed by atoms with Crippen molar-refractivity contribution < 1.29 is 19.2 Å². The second-order valence-corrected chi connectivity index (χ2v) is 11.0. The lowest BCUT2D eigenvalue weighted by atomic mass is 9.63. The average molecular weight is 431 g/mol. The van der Waals surface area contributed by atoms with Gasteiger partial charge in [-0.2, -0.15) is 5.01 Å². The Morgan fingerprint density at radius 1 is 0.935 bits per heavy atom. The molecule has 0 aromatic heterocycles. The van der Waals surface area contributed by atoms with Crippen LogP contribution in [0.25, 0.3) is 0 Å². The molecule has 3 N–H and O–H groups in total. The van der Waals surface area contributed by atoms with Gasteiger partial charge in [-0.1, -0.05) is 12.2 Å². The molecule has 4 amide bonds. The molecule has 0 aromatic carbocycles. The van der Waals surface area contributed by atoms with Crippen molar-refractivity contribution in [2.75, 3.05) is 0 Å². The maximum Gasteiger partial charge on any atom is 0.252 e. The van der Waals surface area contributed by atoms with Gasteiger partial charge in [0.15, 0.2) is 0 Å². The molecule has 8 heteroatoms. The highest BCUT2D eigenvalue weighted by molar-refractivity contribution is 6.07. The number of imide groups is 1. The summed E-state index contributed by atoms with van der Waals surface area (Å²) in [4.78, 5) is 50.4. The summed E-state index contributed by atoms with van der Waals surface area (Å²) in [6.45, 7) is 8.46. The molecule has 3 aliphatic carbocycles. The molecule has 2 bridgehead atoms. The SMILES string of the molecule is CC1(C)CC(NC(=O)CCC(=O)NN2C(=O)C3C4C=CC(CC4)C3C2=O)CC(C)(C)N1. The van der Waals surface area contributed by atoms with Crippen LogP contribution in [0.2, 0.25) is 0 Å². The standard InChI is InChI=1S/C23H34N4O4/c1-22(2)11-15(12-23(3,4)26-22)24-16(28)9-10-17(29)25-27-20(30)18-13-5-6-14(8-7-13)19(18)21(27)31/h5-6,13-15,18-19,26H,7-12H2,1-4H3,(H,24,28)(H,25,29). The lowest BCUT2D eigenvalue weighted by Gasteiger charge is -2.46. The van der Waals surface area contributed by atoms with Gasteiger partial charge in [0.1, 0.15) is 0 Å². The van der Waals surface area contributed by atoms with Crippen molar-refractivity contribution in [3.8, 4) is 0 Å². The van der Waals surface area contributed by atoms with E-state index in [0.717, 1.165) is 30.7 Å². The molecule has 5 rings (SSSR count). The first-order valence-electron chi connectivity index (χ1n) is 11.4. The average Bonchev–Trinajstić information content (AvgIpc) is 2.92. The van der Waals surface area contributed by atoms with Crippen molar-refractivity contribution in [3.63, 3.8) is 0 Å². The van der Waals surface area contributed by atoms with Gasteiger partial charge in [-0.05, 0) is 65.2 Å². The van der Waals surface area contributed by atoms with Crippen molar-refractivity contribution in [2.45, 2.75) is 83.3 Å². The number of fused-ring (bicyclic) bond motifs is 1. The van der Waals surface area contributed by atoms with Crippen LogP contribution in [0.15, 0.2) is 12.2 Å². The third kappa shape index (κ3) is 4.40. The molecule has 31 heavy (non-hydrogen) atoms. The summed E-state index contributed by atoms with van der Waals surface area (Å²) < 4.78 is 0. The quantitative estimate of drug-likeness (QED) is 0.452. The Balaban J connectivity index is 1.27. The number of piperidine rings is 1. The van der Waals surface area contributed by atoms with Crippen molar-refractivity contribution >= 4 is 23.6 Å². The minimum absolute atomic E-state index is 0.0203. The predicted molar refractivity (Wildman–Crippen MR) is 114 cm³/mol. The van der Waals surface area contributed by atoms with Gasteiger partial charge in [0.25, 0.3) is 11.8 Å². The van der Waals surface area contributed by atoms with E-state index in [2.05, 4.69) is 43.8 Å². The number of rotatable bonds is 5. The zero-order valence-electron chi connectivity index (χ0n) is 18.9. The largest absolute Gasteiger partial charge is 0.353 e. The van der Waals surface area contributed by atoms with Crippen LogP contribution in [0.4, 0.5) is 0 Å². The van der Waals surface area contributed by atoms with Gasteiger partial charge in [0.05, 0.1) is 11.8 Å². The van der Waals surface area contributed by atoms with Gasteiger partial charge in [-0.25, -0.2) is 0 Å². The molecule has 4 atom stereocenters. The topological polar surface area (TPSA) is 108 Å². The molecule has 1 saturated carbocycles. The summed E-state index contributed by atoms with van der Waals surface area (Å²) >= 11 is 0. The summed E-state index contributed by atoms with van der Waals surface area (Å²) in [7, 11) is 0. The molecule has 170 valence electrons. The van der Waals surface area contributed by atoms with E-state index >= 15 is 0 Å². The molecule has 0 radical (unpaired) electrons. The van der Waals surface area contributed by atoms with Crippen LogP contribution in [0.5, 0.6) is 0 Å². The molecule has 8 nitrogen and oxygen atoms in total. The fourth-order valence-electron chi connectivity index (χ4n) is 6.32. The first-order chi connectivity index (χ1) is 14.5. The number of hydrogen-bond acceptors (Lipinski definition) is 5. The van der Waals surface area contributed by atoms with Crippen LogP contribution in [0.3, 0.4) is 0 Å². The lowest BCUT2D eigenvalue weighted by Crippen LogP contribution is -2.62. The van der Waals surface area contributed by atoms with Gasteiger partial charge in [-0.3, -0.25) is 24.6 Å². The van der Waals surface area contributed by atoms with Crippen LogP contribution in [0, 0.1) is 23.7 Å². The number of nitrogens with one attached hydrogen (secondary N) is 3. The van der Waals surface area contributed by atoms with Crippen molar-refractivity contribution in [1.29, 1.82) is 0 Å². The molecule has 0 spiro atoms. The fraction of sp³-hybridized carbons (Fsp3) is 0.739. The second kappa shape index (κ2) is 7.73. The molecular formula is C23H34N4O4. The maximum atomic E-state index is 12.8. The minimum atomic E-state index is -0.484. The molecule has 4 unspecified atom stereocenters. The molecule has 2 aliphatic heterocycles. The highest BCUT2D eigenvalue weighted by atomic mass is 16.2. The highest BCUT2D eigenvalue weighted by Gasteiger charge is 2.57. The highest BCUT2D eigenvalue weighted by Crippen LogP contribution is 2.49. The number of hydrogen-bond donors (Lipinski definition) is 3. The molecule has 3 fully saturated rings. The van der Waals surface area contributed by atoms with Crippen molar-refractivity contribution in [3.05, 3.63) is 12.2 Å². The molecule has 2 heterocycles. The number of carbonyl (C=O) groups is 4. The van der Waals surface area contributed by atoms with Gasteiger partial charge in [0, 0.05) is 30.0 Å². The van der Waals surface area contributed by atoms with E-state index in [9.17, 15) is 19.2 Å². The molecule has 2 saturated heterocycles. The summed E-state index contributed by atoms with van der Waals surface area (Å²) in [5, 5.41) is 7.53. The Labute approximate surface area is 183 Å². The van der Waals surface area contributed by atoms with E-state index < -0.39 is 5.91 Å². The van der Waals surface area contributed by atoms with Crippen LogP contribution < -0.4 is 16.1 Å². The van der Waals surface area contributed by atoms with Crippen LogP contribution >= 0.6 is 0 Å². The van der Waals surface area contributed by atoms with E-state index in [1.807, 2.05) is 12.2 Å². The number of hydrazine groups is 1. The number of amides is 4. The van der Waals surface area contributed by atoms with E-state index in [4.69, 9.17) is 0 Å². The normalized spacial score (nSPS) is 33.4. The lowest BCUT2D eigenvalue weighted by molar-refractivity contribution is -0.149. The maximum absolute atomic E-state index is 12.8. The van der Waals surface area contributed by atoms with Crippen LogP contribution in [0.1, 0.15) is 66.2 Å². The third-order valence-electron chi connectivity index (χ3n) is 7.13. The Morgan fingerprint density at radius 3 is 1.90 bits per heavy atom. The summed E-state index contributed by atoms with van der Waals surface area (Å²) in [6, 6.07) is 0.0367. The second-order valence-electron chi connectivity index (χ2n) is 11.0. The molecule has 0 aromatic rings. The Hall–Kier alpha value is -2.22. The van der Waals surface area contributed by atoms with E-state index in [1.165, 1.54) is 0 Å². The first kappa shape index (κ1) is 22.0. The zero-order valence-corrected chi connectivity index (χ0v) is 18.9. The minimum Gasteiger partial charge on any atom is -0.353 e. The summed E-state index contributed by atoms with van der Waals surface area (Å²) in [6.07, 6.45) is 7.47. The summed E-state index contributed by atoms with van der Waals surface area (Å²) in [5.41, 5.74) is 2.30. The van der Waals surface area contributed by atoms with Gasteiger partial charge in [-0.15, -0.1) is 0 Å². The summed E-state index contributed by atoms with van der Waals surface area (Å²) in [5.74, 6) is -1.85. The fourth-order valence-corrected chi connectivity index (χ4v) is 6.32. The Kier molecular flexibility index (Phi) is 5.48. The smallest absolute Gasteiger partial charge is 0.252 e. The first-order valence-corrected chi connectivity index (χ1v) is 11.4. The number of nitrogens with zero attached hydrogens (tertiary/aromatic N) is 1. The van der Waals surface area contributed by atoms with Gasteiger partial charge in [0.2, 0.25) is 11.8 Å². The Bertz CT molecular complexity index is 785. The van der Waals surface area contributed by atoms with Crippen molar-refractivity contribution in [1.82, 2.24) is 21.1 Å². The van der Waals surface area contributed by atoms with Crippen molar-refractivity contribution in [2.24, 2.45) is 23.7 Å². The predicted octanol–water partition coefficient (Wildman–Crippen LogP) is 1.42. The number of carbonyl (C=O) groups excluding carboxylic acids is 4. The van der Waals surface area contributed by atoms with Crippen LogP contribution in [-0.4, -0.2) is 45.8 Å². The van der Waals surface area contributed by atoms with E-state index in [1.54, 1.807) is 0 Å². The molecule has 5 aliphatic rings. The molecular weight excluding hydrogens is 396 g/mol. The third-order valence-corrected chi connectivity index (χ3v) is 7.13. The van der Waals surface area contributed by atoms with Gasteiger partial charge < -0.3 is 10.6 Å². The monoisotopic (exact) mass is 430 g/mol. The van der Waals surface area contributed by atoms with E-state index in [-0.39, 0.29) is 71.4 Å². The van der Waals surface area contributed by atoms with E-state index in [0.29, 0.717) is 0 Å². The van der Waals surface area contributed by atoms with Gasteiger partial charge >= 0.3 is 0 Å². The van der Waals surface area contributed by atoms with Crippen LogP contribution in [-0.2, 0) is 19.2 Å². The Morgan fingerprint density at radius 2 is 1.42 bits per heavy atom. The number of allylic oxidation sites excluding steroid dienone is 2. The zero-order chi connectivity index (χ0) is 22.6.